The van der Waals surface area contributed by atoms with Gasteiger partial charge < -0.3 is 5.73 Å². The number of rotatable bonds is 5. The first-order valence-corrected chi connectivity index (χ1v) is 7.50. The SMILES string of the molecule is Cc1cccc(CN(C)Cc2ccc(C(N)=S)cc2C)c1. The fourth-order valence-corrected chi connectivity index (χ4v) is 2.62. The Morgan fingerprint density at radius 3 is 2.48 bits per heavy atom. The fourth-order valence-electron chi connectivity index (χ4n) is 2.50. The second kappa shape index (κ2) is 6.83. The van der Waals surface area contributed by atoms with Crippen LogP contribution in [0.5, 0.6) is 0 Å². The van der Waals surface area contributed by atoms with Crippen LogP contribution < -0.4 is 5.73 Å². The molecule has 0 saturated carbocycles. The molecule has 2 N–H and O–H groups in total. The summed E-state index contributed by atoms with van der Waals surface area (Å²) in [5, 5.41) is 0. The molecule has 2 rings (SSSR count). The highest BCUT2D eigenvalue weighted by molar-refractivity contribution is 7.80. The highest BCUT2D eigenvalue weighted by atomic mass is 32.1. The first kappa shape index (κ1) is 15.7. The summed E-state index contributed by atoms with van der Waals surface area (Å²) >= 11 is 5.02. The zero-order chi connectivity index (χ0) is 15.4. The maximum absolute atomic E-state index is 5.67. The van der Waals surface area contributed by atoms with E-state index in [4.69, 9.17) is 18.0 Å². The van der Waals surface area contributed by atoms with Crippen LogP contribution in [0.2, 0.25) is 0 Å². The second-order valence-electron chi connectivity index (χ2n) is 5.67. The highest BCUT2D eigenvalue weighted by Gasteiger charge is 2.06. The molecule has 0 aliphatic heterocycles. The molecule has 0 aliphatic carbocycles. The third kappa shape index (κ3) is 4.38. The van der Waals surface area contributed by atoms with E-state index in [1.54, 1.807) is 0 Å². The van der Waals surface area contributed by atoms with E-state index >= 15 is 0 Å². The van der Waals surface area contributed by atoms with Crippen LogP contribution in [0.1, 0.15) is 27.8 Å². The standard InChI is InChI=1S/C18H22N2S/c1-13-5-4-6-15(9-13)11-20(3)12-17-8-7-16(18(19)21)10-14(17)2/h4-10H,11-12H2,1-3H3,(H2,19,21). The molecule has 0 atom stereocenters. The summed E-state index contributed by atoms with van der Waals surface area (Å²) in [6, 6.07) is 14.8. The van der Waals surface area contributed by atoms with Crippen LogP contribution in [0.25, 0.3) is 0 Å². The van der Waals surface area contributed by atoms with Gasteiger partial charge in [0.2, 0.25) is 0 Å². The number of nitrogens with zero attached hydrogens (tertiary/aromatic N) is 1. The molecule has 0 unspecified atom stereocenters. The van der Waals surface area contributed by atoms with E-state index in [0.717, 1.165) is 18.7 Å². The fraction of sp³-hybridized carbons (Fsp3) is 0.278. The smallest absolute Gasteiger partial charge is 0.103 e. The molecule has 2 nitrogen and oxygen atoms in total. The molecule has 2 aromatic rings. The topological polar surface area (TPSA) is 29.3 Å². The Hall–Kier alpha value is -1.71. The quantitative estimate of drug-likeness (QED) is 0.856. The van der Waals surface area contributed by atoms with E-state index in [1.165, 1.54) is 22.3 Å². The monoisotopic (exact) mass is 298 g/mol. The lowest BCUT2D eigenvalue weighted by Crippen LogP contribution is -2.18. The number of hydrogen-bond donors (Lipinski definition) is 1. The number of thiocarbonyl (C=S) groups is 1. The maximum Gasteiger partial charge on any atom is 0.103 e. The zero-order valence-corrected chi connectivity index (χ0v) is 13.7. The summed E-state index contributed by atoms with van der Waals surface area (Å²) < 4.78 is 0. The van der Waals surface area contributed by atoms with Gasteiger partial charge >= 0.3 is 0 Å². The summed E-state index contributed by atoms with van der Waals surface area (Å²) in [5.74, 6) is 0. The van der Waals surface area contributed by atoms with Crippen molar-refractivity contribution < 1.29 is 0 Å². The molecular formula is C18H22N2S. The predicted octanol–water partition coefficient (Wildman–Crippen LogP) is 3.57. The Morgan fingerprint density at radius 1 is 1.10 bits per heavy atom. The normalized spacial score (nSPS) is 10.9. The van der Waals surface area contributed by atoms with Gasteiger partial charge in [0.05, 0.1) is 0 Å². The van der Waals surface area contributed by atoms with E-state index < -0.39 is 0 Å². The van der Waals surface area contributed by atoms with Gasteiger partial charge in [0, 0.05) is 18.7 Å². The van der Waals surface area contributed by atoms with Crippen LogP contribution in [0.3, 0.4) is 0 Å². The highest BCUT2D eigenvalue weighted by Crippen LogP contribution is 2.15. The van der Waals surface area contributed by atoms with Crippen molar-refractivity contribution in [2.45, 2.75) is 26.9 Å². The molecule has 0 heterocycles. The van der Waals surface area contributed by atoms with Crippen molar-refractivity contribution in [1.82, 2.24) is 4.90 Å². The molecule has 0 bridgehead atoms. The maximum atomic E-state index is 5.67. The second-order valence-corrected chi connectivity index (χ2v) is 6.11. The van der Waals surface area contributed by atoms with E-state index in [2.05, 4.69) is 62.2 Å². The van der Waals surface area contributed by atoms with E-state index in [9.17, 15) is 0 Å². The minimum atomic E-state index is 0.456. The first-order chi connectivity index (χ1) is 9.95. The van der Waals surface area contributed by atoms with Crippen LogP contribution in [-0.2, 0) is 13.1 Å². The van der Waals surface area contributed by atoms with E-state index in [1.807, 2.05) is 6.07 Å². The molecule has 2 aromatic carbocycles. The largest absolute Gasteiger partial charge is 0.389 e. The van der Waals surface area contributed by atoms with Crippen molar-refractivity contribution in [2.24, 2.45) is 5.73 Å². The third-order valence-corrected chi connectivity index (χ3v) is 3.84. The molecule has 0 amide bonds. The Morgan fingerprint density at radius 2 is 1.86 bits per heavy atom. The predicted molar refractivity (Wildman–Crippen MR) is 93.4 cm³/mol. The molecule has 0 spiro atoms. The number of benzene rings is 2. The average Bonchev–Trinajstić information content (AvgIpc) is 2.40. The van der Waals surface area contributed by atoms with Gasteiger partial charge in [-0.2, -0.15) is 0 Å². The van der Waals surface area contributed by atoms with Crippen molar-refractivity contribution in [3.05, 3.63) is 70.3 Å². The van der Waals surface area contributed by atoms with Crippen LogP contribution in [-0.4, -0.2) is 16.9 Å². The molecule has 21 heavy (non-hydrogen) atoms. The molecule has 0 radical (unpaired) electrons. The summed E-state index contributed by atoms with van der Waals surface area (Å²) in [7, 11) is 2.14. The summed E-state index contributed by atoms with van der Waals surface area (Å²) in [4.78, 5) is 2.77. The van der Waals surface area contributed by atoms with Crippen LogP contribution in [0, 0.1) is 13.8 Å². The van der Waals surface area contributed by atoms with Crippen molar-refractivity contribution in [2.75, 3.05) is 7.05 Å². The van der Waals surface area contributed by atoms with Crippen LogP contribution >= 0.6 is 12.2 Å². The number of aryl methyl sites for hydroxylation is 2. The van der Waals surface area contributed by atoms with E-state index in [0.29, 0.717) is 4.99 Å². The summed E-state index contributed by atoms with van der Waals surface area (Å²) in [5.41, 5.74) is 11.8. The molecular weight excluding hydrogens is 276 g/mol. The van der Waals surface area contributed by atoms with Gasteiger partial charge in [0.15, 0.2) is 0 Å². The molecule has 0 aromatic heterocycles. The first-order valence-electron chi connectivity index (χ1n) is 7.09. The van der Waals surface area contributed by atoms with Gasteiger partial charge in [-0.3, -0.25) is 4.90 Å². The number of nitrogens with two attached hydrogens (primary N) is 1. The van der Waals surface area contributed by atoms with Gasteiger partial charge in [-0.15, -0.1) is 0 Å². The van der Waals surface area contributed by atoms with Gasteiger partial charge in [0.1, 0.15) is 4.99 Å². The van der Waals surface area contributed by atoms with Crippen molar-refractivity contribution >= 4 is 17.2 Å². The molecule has 3 heteroatoms. The lowest BCUT2D eigenvalue weighted by Gasteiger charge is -2.19. The Labute approximate surface area is 132 Å². The number of hydrogen-bond acceptors (Lipinski definition) is 2. The Bertz CT molecular complexity index is 649. The Kier molecular flexibility index (Phi) is 5.10. The van der Waals surface area contributed by atoms with Crippen molar-refractivity contribution in [3.63, 3.8) is 0 Å². The van der Waals surface area contributed by atoms with Gasteiger partial charge in [0.25, 0.3) is 0 Å². The molecule has 0 saturated heterocycles. The van der Waals surface area contributed by atoms with Crippen molar-refractivity contribution in [1.29, 1.82) is 0 Å². The molecule has 110 valence electrons. The molecule has 0 aliphatic rings. The van der Waals surface area contributed by atoms with Crippen LogP contribution in [0.4, 0.5) is 0 Å². The summed E-state index contributed by atoms with van der Waals surface area (Å²) in [6.45, 7) is 6.09. The lowest BCUT2D eigenvalue weighted by atomic mass is 10.0. The third-order valence-electron chi connectivity index (χ3n) is 3.60. The van der Waals surface area contributed by atoms with Gasteiger partial charge in [-0.1, -0.05) is 54.2 Å². The Balaban J connectivity index is 2.06. The summed E-state index contributed by atoms with van der Waals surface area (Å²) in [6.07, 6.45) is 0. The lowest BCUT2D eigenvalue weighted by molar-refractivity contribution is 0.318. The van der Waals surface area contributed by atoms with Gasteiger partial charge in [-0.25, -0.2) is 0 Å². The average molecular weight is 298 g/mol. The zero-order valence-electron chi connectivity index (χ0n) is 12.9. The molecule has 0 fully saturated rings. The minimum absolute atomic E-state index is 0.456. The van der Waals surface area contributed by atoms with E-state index in [-0.39, 0.29) is 0 Å². The minimum Gasteiger partial charge on any atom is -0.389 e. The van der Waals surface area contributed by atoms with Gasteiger partial charge in [-0.05, 0) is 43.7 Å². The van der Waals surface area contributed by atoms with Crippen LogP contribution in [0.15, 0.2) is 42.5 Å². The van der Waals surface area contributed by atoms with Crippen molar-refractivity contribution in [3.8, 4) is 0 Å².